The molecule has 2 heteroatoms. The maximum absolute atomic E-state index is 8.53. The molecule has 0 aromatic heterocycles. The number of epoxide rings is 1. The van der Waals surface area contributed by atoms with Gasteiger partial charge in [-0.2, -0.15) is 5.26 Å². The van der Waals surface area contributed by atoms with Gasteiger partial charge in [-0.1, -0.05) is 18.2 Å². The molecule has 1 aliphatic heterocycles. The summed E-state index contributed by atoms with van der Waals surface area (Å²) in [5, 5.41) is 8.53. The summed E-state index contributed by atoms with van der Waals surface area (Å²) in [6.07, 6.45) is 7.45. The highest BCUT2D eigenvalue weighted by Gasteiger charge is 2.54. The number of nitriles is 1. The Hall–Kier alpha value is -1.07. The van der Waals surface area contributed by atoms with Gasteiger partial charge in [0.05, 0.1) is 0 Å². The first-order valence-corrected chi connectivity index (χ1v) is 2.82. The molecule has 9 heavy (non-hydrogen) atoms. The summed E-state index contributed by atoms with van der Waals surface area (Å²) in [5.74, 6) is 0. The Bertz CT molecular complexity index is 236. The lowest BCUT2D eigenvalue weighted by atomic mass is 10.0. The summed E-state index contributed by atoms with van der Waals surface area (Å²) in [6, 6.07) is 2.09. The monoisotopic (exact) mass is 119 g/mol. The molecule has 1 fully saturated rings. The molecule has 2 unspecified atom stereocenters. The summed E-state index contributed by atoms with van der Waals surface area (Å²) in [5.41, 5.74) is -0.575. The second kappa shape index (κ2) is 1.26. The van der Waals surface area contributed by atoms with Crippen molar-refractivity contribution in [1.82, 2.24) is 0 Å². The van der Waals surface area contributed by atoms with Gasteiger partial charge in [0.1, 0.15) is 12.2 Å². The van der Waals surface area contributed by atoms with Gasteiger partial charge in [-0.05, 0) is 6.08 Å². The van der Waals surface area contributed by atoms with Gasteiger partial charge < -0.3 is 4.74 Å². The van der Waals surface area contributed by atoms with Crippen molar-refractivity contribution in [3.8, 4) is 6.07 Å². The second-order valence-corrected chi connectivity index (χ2v) is 2.19. The van der Waals surface area contributed by atoms with Crippen LogP contribution in [0.25, 0.3) is 0 Å². The summed E-state index contributed by atoms with van der Waals surface area (Å²) >= 11 is 0. The van der Waals surface area contributed by atoms with Crippen LogP contribution in [0.1, 0.15) is 0 Å². The lowest BCUT2D eigenvalue weighted by molar-refractivity contribution is 0.381. The van der Waals surface area contributed by atoms with E-state index in [0.29, 0.717) is 0 Å². The lowest BCUT2D eigenvalue weighted by Gasteiger charge is -1.93. The first-order chi connectivity index (χ1) is 4.37. The molecule has 0 radical (unpaired) electrons. The molecule has 2 nitrogen and oxygen atoms in total. The van der Waals surface area contributed by atoms with Gasteiger partial charge >= 0.3 is 0 Å². The zero-order valence-electron chi connectivity index (χ0n) is 4.74. The van der Waals surface area contributed by atoms with Crippen LogP contribution in [0.2, 0.25) is 0 Å². The van der Waals surface area contributed by atoms with E-state index in [1.807, 2.05) is 18.2 Å². The molecule has 0 aromatic rings. The van der Waals surface area contributed by atoms with E-state index in [1.54, 1.807) is 6.08 Å². The zero-order chi connectivity index (χ0) is 6.32. The molecule has 0 bridgehead atoms. The largest absolute Gasteiger partial charge is 0.342 e. The van der Waals surface area contributed by atoms with Crippen molar-refractivity contribution >= 4 is 0 Å². The molecule has 0 saturated carbocycles. The molecule has 0 amide bonds. The normalized spacial score (nSPS) is 43.7. The minimum absolute atomic E-state index is 0.0347. The van der Waals surface area contributed by atoms with Crippen molar-refractivity contribution in [2.24, 2.45) is 0 Å². The molecule has 0 N–H and O–H groups in total. The number of ether oxygens (including phenoxy) is 1. The summed E-state index contributed by atoms with van der Waals surface area (Å²) in [6.45, 7) is 0. The maximum atomic E-state index is 8.53. The van der Waals surface area contributed by atoms with E-state index < -0.39 is 5.60 Å². The van der Waals surface area contributed by atoms with Crippen molar-refractivity contribution in [2.45, 2.75) is 11.7 Å². The first-order valence-electron chi connectivity index (χ1n) is 2.82. The molecular formula is C7H5NO. The molecule has 1 heterocycles. The van der Waals surface area contributed by atoms with Gasteiger partial charge in [0.15, 0.2) is 0 Å². The Morgan fingerprint density at radius 1 is 1.56 bits per heavy atom. The standard InChI is InChI=1S/C7H5NO/c8-5-7-4-2-1-3-6(7)9-7/h1-4,6H. The third kappa shape index (κ3) is 0.470. The Morgan fingerprint density at radius 2 is 2.44 bits per heavy atom. The predicted octanol–water partition coefficient (Wildman–Crippen LogP) is 0.774. The minimum atomic E-state index is -0.575. The predicted molar refractivity (Wildman–Crippen MR) is 31.5 cm³/mol. The van der Waals surface area contributed by atoms with E-state index in [-0.39, 0.29) is 6.10 Å². The molecule has 2 aliphatic rings. The SMILES string of the molecule is N#CC12C=CC=CC1O2. The van der Waals surface area contributed by atoms with E-state index in [2.05, 4.69) is 6.07 Å². The summed E-state index contributed by atoms with van der Waals surface area (Å²) < 4.78 is 5.08. The lowest BCUT2D eigenvalue weighted by Crippen LogP contribution is -2.07. The van der Waals surface area contributed by atoms with Gasteiger partial charge in [0.2, 0.25) is 5.60 Å². The molecule has 1 saturated heterocycles. The van der Waals surface area contributed by atoms with Crippen LogP contribution in [0.5, 0.6) is 0 Å². The second-order valence-electron chi connectivity index (χ2n) is 2.19. The number of hydrogen-bond acceptors (Lipinski definition) is 2. The van der Waals surface area contributed by atoms with E-state index >= 15 is 0 Å². The van der Waals surface area contributed by atoms with Crippen LogP contribution in [-0.2, 0) is 4.74 Å². The Morgan fingerprint density at radius 3 is 3.00 bits per heavy atom. The Kier molecular flexibility index (Phi) is 0.666. The highest BCUT2D eigenvalue weighted by molar-refractivity contribution is 5.38. The first kappa shape index (κ1) is 4.78. The molecule has 2 atom stereocenters. The fourth-order valence-electron chi connectivity index (χ4n) is 0.983. The third-order valence-electron chi connectivity index (χ3n) is 1.60. The topological polar surface area (TPSA) is 36.3 Å². The summed E-state index contributed by atoms with van der Waals surface area (Å²) in [7, 11) is 0. The van der Waals surface area contributed by atoms with Crippen LogP contribution in [0.15, 0.2) is 24.3 Å². The van der Waals surface area contributed by atoms with Crippen molar-refractivity contribution in [3.05, 3.63) is 24.3 Å². The van der Waals surface area contributed by atoms with Gasteiger partial charge in [0, 0.05) is 0 Å². The molecule has 1 aliphatic carbocycles. The number of hydrogen-bond donors (Lipinski definition) is 0. The van der Waals surface area contributed by atoms with E-state index in [9.17, 15) is 0 Å². The van der Waals surface area contributed by atoms with Crippen LogP contribution in [0.4, 0.5) is 0 Å². The molecular weight excluding hydrogens is 114 g/mol. The number of allylic oxidation sites excluding steroid dienone is 2. The molecule has 44 valence electrons. The number of nitrogens with zero attached hydrogens (tertiary/aromatic N) is 1. The third-order valence-corrected chi connectivity index (χ3v) is 1.60. The van der Waals surface area contributed by atoms with E-state index in [0.717, 1.165) is 0 Å². The highest BCUT2D eigenvalue weighted by atomic mass is 16.6. The van der Waals surface area contributed by atoms with Gasteiger partial charge in [-0.15, -0.1) is 0 Å². The minimum Gasteiger partial charge on any atom is -0.342 e. The van der Waals surface area contributed by atoms with Crippen molar-refractivity contribution in [2.75, 3.05) is 0 Å². The Labute approximate surface area is 53.0 Å². The highest BCUT2D eigenvalue weighted by Crippen LogP contribution is 2.40. The zero-order valence-corrected chi connectivity index (χ0v) is 4.74. The van der Waals surface area contributed by atoms with E-state index in [1.165, 1.54) is 0 Å². The smallest absolute Gasteiger partial charge is 0.203 e. The van der Waals surface area contributed by atoms with E-state index in [4.69, 9.17) is 10.00 Å². The van der Waals surface area contributed by atoms with Crippen molar-refractivity contribution in [1.29, 1.82) is 5.26 Å². The van der Waals surface area contributed by atoms with Gasteiger partial charge in [-0.3, -0.25) is 0 Å². The van der Waals surface area contributed by atoms with Crippen LogP contribution in [0, 0.1) is 11.3 Å². The molecule has 0 aromatic carbocycles. The number of fused-ring (bicyclic) bond motifs is 1. The summed E-state index contributed by atoms with van der Waals surface area (Å²) in [4.78, 5) is 0. The van der Waals surface area contributed by atoms with Crippen LogP contribution in [0.3, 0.4) is 0 Å². The van der Waals surface area contributed by atoms with Crippen LogP contribution in [-0.4, -0.2) is 11.7 Å². The van der Waals surface area contributed by atoms with Crippen molar-refractivity contribution in [3.63, 3.8) is 0 Å². The van der Waals surface area contributed by atoms with Crippen LogP contribution < -0.4 is 0 Å². The average molecular weight is 119 g/mol. The quantitative estimate of drug-likeness (QED) is 0.441. The average Bonchev–Trinajstić information content (AvgIpc) is 2.62. The van der Waals surface area contributed by atoms with Crippen molar-refractivity contribution < 1.29 is 4.74 Å². The fraction of sp³-hybridized carbons (Fsp3) is 0.286. The molecule has 2 rings (SSSR count). The maximum Gasteiger partial charge on any atom is 0.203 e. The molecule has 0 spiro atoms. The van der Waals surface area contributed by atoms with Crippen LogP contribution >= 0.6 is 0 Å². The van der Waals surface area contributed by atoms with Gasteiger partial charge in [0.25, 0.3) is 0 Å². The van der Waals surface area contributed by atoms with Gasteiger partial charge in [-0.25, -0.2) is 0 Å². The Balaban J connectivity index is 2.35. The fourth-order valence-corrected chi connectivity index (χ4v) is 0.983. The number of rotatable bonds is 0.